The number of rotatable bonds is 4. The smallest absolute Gasteiger partial charge is 0.263 e. The van der Waals surface area contributed by atoms with Gasteiger partial charge in [0.1, 0.15) is 4.88 Å². The molecule has 2 heterocycles. The number of piperidine rings is 1. The van der Waals surface area contributed by atoms with Crippen molar-refractivity contribution in [2.24, 2.45) is 5.92 Å². The summed E-state index contributed by atoms with van der Waals surface area (Å²) in [5, 5.41) is 3.40. The molecule has 1 aliphatic heterocycles. The Balaban J connectivity index is 1.74. The van der Waals surface area contributed by atoms with Crippen molar-refractivity contribution in [2.45, 2.75) is 26.7 Å². The Morgan fingerprint density at radius 2 is 2.21 bits per heavy atom. The predicted octanol–water partition coefficient (Wildman–Crippen LogP) is 1.50. The third-order valence-electron chi connectivity index (χ3n) is 3.61. The van der Waals surface area contributed by atoms with Gasteiger partial charge in [-0.05, 0) is 38.8 Å². The summed E-state index contributed by atoms with van der Waals surface area (Å²) >= 11 is 1.25. The summed E-state index contributed by atoms with van der Waals surface area (Å²) in [5.41, 5.74) is 6.31. The molecule has 0 unspecified atom stereocenters. The molecular formula is C13H22N4OS. The summed E-state index contributed by atoms with van der Waals surface area (Å²) in [5.74, 6) is 0.783. The van der Waals surface area contributed by atoms with Crippen LogP contribution in [0.4, 0.5) is 5.13 Å². The molecule has 0 bridgehead atoms. The first-order chi connectivity index (χ1) is 9.06. The second-order valence-corrected chi connectivity index (χ2v) is 6.28. The quantitative estimate of drug-likeness (QED) is 0.878. The molecule has 1 aliphatic rings. The van der Waals surface area contributed by atoms with E-state index in [0.29, 0.717) is 22.2 Å². The van der Waals surface area contributed by atoms with Crippen LogP contribution in [-0.4, -0.2) is 42.0 Å². The van der Waals surface area contributed by atoms with Crippen LogP contribution in [0.5, 0.6) is 0 Å². The van der Waals surface area contributed by atoms with Crippen LogP contribution in [0.25, 0.3) is 0 Å². The third-order valence-corrected chi connectivity index (χ3v) is 4.59. The van der Waals surface area contributed by atoms with Crippen molar-refractivity contribution in [1.82, 2.24) is 15.2 Å². The van der Waals surface area contributed by atoms with Crippen LogP contribution >= 0.6 is 11.3 Å². The van der Waals surface area contributed by atoms with Crippen LogP contribution in [0.3, 0.4) is 0 Å². The van der Waals surface area contributed by atoms with E-state index in [1.54, 1.807) is 0 Å². The van der Waals surface area contributed by atoms with E-state index in [4.69, 9.17) is 5.73 Å². The van der Waals surface area contributed by atoms with Gasteiger partial charge in [-0.15, -0.1) is 0 Å². The number of amides is 1. The zero-order valence-corrected chi connectivity index (χ0v) is 12.4. The van der Waals surface area contributed by atoms with Crippen molar-refractivity contribution in [3.8, 4) is 0 Å². The number of nitrogens with one attached hydrogen (secondary N) is 1. The van der Waals surface area contributed by atoms with Gasteiger partial charge in [0.05, 0.1) is 5.69 Å². The van der Waals surface area contributed by atoms with Gasteiger partial charge in [0.15, 0.2) is 5.13 Å². The first kappa shape index (κ1) is 14.3. The largest absolute Gasteiger partial charge is 0.375 e. The molecule has 0 atom stereocenters. The Labute approximate surface area is 118 Å². The highest BCUT2D eigenvalue weighted by atomic mass is 32.1. The van der Waals surface area contributed by atoms with Crippen molar-refractivity contribution in [2.75, 3.05) is 31.9 Å². The number of nitrogens with two attached hydrogens (primary N) is 1. The van der Waals surface area contributed by atoms with Crippen LogP contribution in [0.15, 0.2) is 0 Å². The number of hydrogen-bond acceptors (Lipinski definition) is 5. The number of anilines is 1. The monoisotopic (exact) mass is 282 g/mol. The van der Waals surface area contributed by atoms with Crippen molar-refractivity contribution in [1.29, 1.82) is 0 Å². The number of nitrogen functional groups attached to an aromatic ring is 1. The highest BCUT2D eigenvalue weighted by Gasteiger charge is 2.17. The molecule has 0 saturated carbocycles. The van der Waals surface area contributed by atoms with Gasteiger partial charge < -0.3 is 16.0 Å². The van der Waals surface area contributed by atoms with E-state index < -0.39 is 0 Å². The Bertz CT molecular complexity index is 438. The number of carbonyl (C=O) groups excluding carboxylic acids is 1. The maximum atomic E-state index is 12.0. The number of nitrogens with zero attached hydrogens (tertiary/aromatic N) is 2. The molecule has 1 saturated heterocycles. The lowest BCUT2D eigenvalue weighted by Gasteiger charge is -2.30. The van der Waals surface area contributed by atoms with Gasteiger partial charge >= 0.3 is 0 Å². The second kappa shape index (κ2) is 6.34. The van der Waals surface area contributed by atoms with E-state index in [1.807, 2.05) is 6.92 Å². The predicted molar refractivity (Wildman–Crippen MR) is 78.4 cm³/mol. The summed E-state index contributed by atoms with van der Waals surface area (Å²) in [6.07, 6.45) is 2.52. The second-order valence-electron chi connectivity index (χ2n) is 5.25. The van der Waals surface area contributed by atoms with Crippen molar-refractivity contribution in [3.63, 3.8) is 0 Å². The Kier molecular flexibility index (Phi) is 4.76. The molecule has 2 rings (SSSR count). The average Bonchev–Trinajstić information content (AvgIpc) is 2.71. The normalized spacial score (nSPS) is 17.6. The Hall–Kier alpha value is -1.14. The van der Waals surface area contributed by atoms with E-state index in [1.165, 1.54) is 24.2 Å². The number of carbonyl (C=O) groups is 1. The molecule has 0 aromatic carbocycles. The molecule has 3 N–H and O–H groups in total. The molecule has 106 valence electrons. The minimum absolute atomic E-state index is 0.0583. The summed E-state index contributed by atoms with van der Waals surface area (Å²) in [7, 11) is 0. The molecule has 0 spiro atoms. The summed E-state index contributed by atoms with van der Waals surface area (Å²) in [4.78, 5) is 19.1. The number of aryl methyl sites for hydroxylation is 1. The highest BCUT2D eigenvalue weighted by molar-refractivity contribution is 7.17. The minimum atomic E-state index is -0.0583. The molecule has 1 aromatic rings. The molecule has 6 heteroatoms. The summed E-state index contributed by atoms with van der Waals surface area (Å²) in [6.45, 7) is 8.01. The number of aromatic nitrogens is 1. The maximum Gasteiger partial charge on any atom is 0.263 e. The fourth-order valence-corrected chi connectivity index (χ4v) is 3.07. The van der Waals surface area contributed by atoms with Gasteiger partial charge in [-0.3, -0.25) is 4.79 Å². The molecule has 1 amide bonds. The highest BCUT2D eigenvalue weighted by Crippen LogP contribution is 2.19. The fraction of sp³-hybridized carbons (Fsp3) is 0.692. The molecule has 1 fully saturated rings. The molecule has 19 heavy (non-hydrogen) atoms. The van der Waals surface area contributed by atoms with Crippen LogP contribution in [0.2, 0.25) is 0 Å². The van der Waals surface area contributed by atoms with Crippen LogP contribution in [0.1, 0.15) is 35.1 Å². The van der Waals surface area contributed by atoms with Crippen molar-refractivity contribution < 1.29 is 4.79 Å². The van der Waals surface area contributed by atoms with Crippen LogP contribution in [0, 0.1) is 12.8 Å². The number of likely N-dealkylation sites (tertiary alicyclic amines) is 1. The third kappa shape index (κ3) is 3.91. The lowest BCUT2D eigenvalue weighted by molar-refractivity contribution is 0.0947. The Morgan fingerprint density at radius 3 is 2.79 bits per heavy atom. The SMILES string of the molecule is Cc1nc(N)sc1C(=O)NCCN1CCC(C)CC1. The fourth-order valence-electron chi connectivity index (χ4n) is 2.32. The zero-order valence-electron chi connectivity index (χ0n) is 11.6. The number of hydrogen-bond donors (Lipinski definition) is 2. The lowest BCUT2D eigenvalue weighted by atomic mass is 9.99. The van der Waals surface area contributed by atoms with Crippen molar-refractivity contribution in [3.05, 3.63) is 10.6 Å². The molecular weight excluding hydrogens is 260 g/mol. The Morgan fingerprint density at radius 1 is 1.53 bits per heavy atom. The minimum Gasteiger partial charge on any atom is -0.375 e. The van der Waals surface area contributed by atoms with Gasteiger partial charge in [0.25, 0.3) is 5.91 Å². The molecule has 1 aromatic heterocycles. The summed E-state index contributed by atoms with van der Waals surface area (Å²) in [6, 6.07) is 0. The van der Waals surface area contributed by atoms with E-state index in [0.717, 1.165) is 25.6 Å². The average molecular weight is 282 g/mol. The van der Waals surface area contributed by atoms with E-state index in [9.17, 15) is 4.79 Å². The first-order valence-corrected chi connectivity index (χ1v) is 7.61. The number of thiazole rings is 1. The molecule has 5 nitrogen and oxygen atoms in total. The van der Waals surface area contributed by atoms with Crippen LogP contribution in [-0.2, 0) is 0 Å². The lowest BCUT2D eigenvalue weighted by Crippen LogP contribution is -2.39. The van der Waals surface area contributed by atoms with E-state index in [2.05, 4.69) is 22.1 Å². The van der Waals surface area contributed by atoms with Gasteiger partial charge in [-0.1, -0.05) is 18.3 Å². The topological polar surface area (TPSA) is 71.2 Å². The standard InChI is InChI=1S/C13H22N4OS/c1-9-3-6-17(7-4-9)8-5-15-12(18)11-10(2)16-13(14)19-11/h9H,3-8H2,1-2H3,(H2,14,16)(H,15,18). The van der Waals surface area contributed by atoms with Gasteiger partial charge in [-0.2, -0.15) is 0 Å². The maximum absolute atomic E-state index is 12.0. The zero-order chi connectivity index (χ0) is 13.8. The van der Waals surface area contributed by atoms with Gasteiger partial charge in [0, 0.05) is 13.1 Å². The molecule has 0 aliphatic carbocycles. The molecule has 0 radical (unpaired) electrons. The van der Waals surface area contributed by atoms with Crippen molar-refractivity contribution >= 4 is 22.4 Å². The van der Waals surface area contributed by atoms with E-state index in [-0.39, 0.29) is 5.91 Å². The van der Waals surface area contributed by atoms with Gasteiger partial charge in [0.2, 0.25) is 0 Å². The van der Waals surface area contributed by atoms with Crippen LogP contribution < -0.4 is 11.1 Å². The van der Waals surface area contributed by atoms with Gasteiger partial charge in [-0.25, -0.2) is 4.98 Å². The first-order valence-electron chi connectivity index (χ1n) is 6.79. The van der Waals surface area contributed by atoms with E-state index >= 15 is 0 Å². The summed E-state index contributed by atoms with van der Waals surface area (Å²) < 4.78 is 0.